The van der Waals surface area contributed by atoms with Gasteiger partial charge in [0.05, 0.1) is 24.4 Å². The highest BCUT2D eigenvalue weighted by Crippen LogP contribution is 2.40. The van der Waals surface area contributed by atoms with Gasteiger partial charge < -0.3 is 14.7 Å². The van der Waals surface area contributed by atoms with Crippen LogP contribution >= 0.6 is 0 Å². The molecule has 0 aliphatic carbocycles. The Bertz CT molecular complexity index is 1460. The van der Waals surface area contributed by atoms with E-state index >= 15 is 0 Å². The number of ether oxygens (including phenoxy) is 1. The number of methoxy groups -OCH3 is 1. The molecule has 7 nitrogen and oxygen atoms in total. The van der Waals surface area contributed by atoms with E-state index in [0.29, 0.717) is 41.3 Å². The number of aryl methyl sites for hydroxylation is 1. The van der Waals surface area contributed by atoms with E-state index in [4.69, 9.17) is 4.74 Å². The Balaban J connectivity index is 1.66. The molecule has 1 amide bonds. The molecule has 2 aromatic heterocycles. The van der Waals surface area contributed by atoms with E-state index in [9.17, 15) is 14.7 Å². The molecule has 1 fully saturated rings. The molecule has 1 aliphatic rings. The molecule has 1 saturated heterocycles. The average molecular weight is 468 g/mol. The molecule has 0 radical (unpaired) electrons. The highest BCUT2D eigenvalue weighted by molar-refractivity contribution is 6.46. The monoisotopic (exact) mass is 467 g/mol. The number of Topliss-reactive ketones (excluding diaryl/α,β-unsaturated/α-hetero) is 1. The fraction of sp³-hybridized carbons (Fsp3) is 0.179. The largest absolute Gasteiger partial charge is 0.505 e. The van der Waals surface area contributed by atoms with Gasteiger partial charge in [-0.05, 0) is 48.7 Å². The summed E-state index contributed by atoms with van der Waals surface area (Å²) < 4.78 is 7.12. The third-order valence-electron chi connectivity index (χ3n) is 6.36. The van der Waals surface area contributed by atoms with Crippen LogP contribution in [0.1, 0.15) is 28.6 Å². The normalized spacial score (nSPS) is 17.3. The average Bonchev–Trinajstić information content (AvgIpc) is 3.35. The third kappa shape index (κ3) is 3.95. The molecule has 0 spiro atoms. The zero-order valence-corrected chi connectivity index (χ0v) is 19.5. The predicted octanol–water partition coefficient (Wildman–Crippen LogP) is 4.32. The lowest BCUT2D eigenvalue weighted by Crippen LogP contribution is -2.31. The summed E-state index contributed by atoms with van der Waals surface area (Å²) in [5, 5.41) is 11.5. The quantitative estimate of drug-likeness (QED) is 0.259. The van der Waals surface area contributed by atoms with Crippen LogP contribution in [0, 0.1) is 6.92 Å². The van der Waals surface area contributed by atoms with Crippen molar-refractivity contribution in [2.75, 3.05) is 13.7 Å². The number of pyridine rings is 1. The van der Waals surface area contributed by atoms with Gasteiger partial charge >= 0.3 is 0 Å². The van der Waals surface area contributed by atoms with Gasteiger partial charge in [0, 0.05) is 12.7 Å². The number of ketones is 1. The van der Waals surface area contributed by atoms with Crippen molar-refractivity contribution in [2.45, 2.75) is 19.4 Å². The first-order valence-electron chi connectivity index (χ1n) is 11.4. The Morgan fingerprint density at radius 1 is 1.03 bits per heavy atom. The zero-order chi connectivity index (χ0) is 24.5. The lowest BCUT2D eigenvalue weighted by molar-refractivity contribution is -0.139. The molecule has 1 atom stereocenters. The van der Waals surface area contributed by atoms with Crippen molar-refractivity contribution < 1.29 is 19.4 Å². The summed E-state index contributed by atoms with van der Waals surface area (Å²) in [6.07, 6.45) is 2.35. The van der Waals surface area contributed by atoms with E-state index in [0.717, 1.165) is 5.56 Å². The highest BCUT2D eigenvalue weighted by atomic mass is 16.5. The van der Waals surface area contributed by atoms with Crippen LogP contribution in [0.2, 0.25) is 0 Å². The van der Waals surface area contributed by atoms with E-state index < -0.39 is 17.7 Å². The molecule has 1 N–H and O–H groups in total. The van der Waals surface area contributed by atoms with Gasteiger partial charge in [-0.15, -0.1) is 0 Å². The van der Waals surface area contributed by atoms with Crippen molar-refractivity contribution in [1.29, 1.82) is 0 Å². The van der Waals surface area contributed by atoms with Crippen molar-refractivity contribution >= 4 is 23.1 Å². The number of hydrogen-bond donors (Lipinski definition) is 1. The lowest BCUT2D eigenvalue weighted by atomic mass is 9.96. The second-order valence-electron chi connectivity index (χ2n) is 8.48. The van der Waals surface area contributed by atoms with Crippen molar-refractivity contribution in [2.24, 2.45) is 0 Å². The van der Waals surface area contributed by atoms with Gasteiger partial charge in [0.2, 0.25) is 0 Å². The Hall–Kier alpha value is -4.39. The molecule has 1 aliphatic heterocycles. The molecule has 3 heterocycles. The Kier molecular flexibility index (Phi) is 5.82. The second-order valence-corrected chi connectivity index (χ2v) is 8.48. The Labute approximate surface area is 202 Å². The first-order chi connectivity index (χ1) is 17.0. The van der Waals surface area contributed by atoms with Gasteiger partial charge in [-0.3, -0.25) is 14.0 Å². The predicted molar refractivity (Wildman–Crippen MR) is 132 cm³/mol. The Morgan fingerprint density at radius 3 is 2.57 bits per heavy atom. The molecule has 5 rings (SSSR count). The molecule has 2 aromatic carbocycles. The van der Waals surface area contributed by atoms with E-state index in [1.807, 2.05) is 60.7 Å². The van der Waals surface area contributed by atoms with Gasteiger partial charge in [0.25, 0.3) is 11.7 Å². The van der Waals surface area contributed by atoms with Crippen LogP contribution in [0.3, 0.4) is 0 Å². The highest BCUT2D eigenvalue weighted by Gasteiger charge is 2.46. The van der Waals surface area contributed by atoms with E-state index in [1.54, 1.807) is 36.8 Å². The fourth-order valence-electron chi connectivity index (χ4n) is 4.69. The molecule has 0 saturated carbocycles. The number of aliphatic hydroxyl groups is 1. The van der Waals surface area contributed by atoms with Crippen LogP contribution in [0.4, 0.5) is 0 Å². The van der Waals surface area contributed by atoms with Gasteiger partial charge in [0.1, 0.15) is 17.1 Å². The summed E-state index contributed by atoms with van der Waals surface area (Å²) >= 11 is 0. The molecule has 1 unspecified atom stereocenters. The van der Waals surface area contributed by atoms with Gasteiger partial charge in [-0.2, -0.15) is 0 Å². The van der Waals surface area contributed by atoms with Crippen molar-refractivity contribution in [1.82, 2.24) is 14.3 Å². The minimum Gasteiger partial charge on any atom is -0.505 e. The number of amides is 1. The number of imidazole rings is 1. The number of fused-ring (bicyclic) bond motifs is 1. The lowest BCUT2D eigenvalue weighted by Gasteiger charge is -2.25. The molecule has 35 heavy (non-hydrogen) atoms. The third-order valence-corrected chi connectivity index (χ3v) is 6.36. The first kappa shape index (κ1) is 22.4. The van der Waals surface area contributed by atoms with Gasteiger partial charge in [0.15, 0.2) is 5.76 Å². The summed E-state index contributed by atoms with van der Waals surface area (Å²) in [6, 6.07) is 21.8. The number of rotatable bonds is 6. The summed E-state index contributed by atoms with van der Waals surface area (Å²) in [5.41, 5.74) is 3.39. The summed E-state index contributed by atoms with van der Waals surface area (Å²) in [5.74, 6) is -0.993. The number of benzene rings is 2. The number of likely N-dealkylation sites (tertiary alicyclic amines) is 1. The second kappa shape index (κ2) is 9.10. The molecule has 176 valence electrons. The van der Waals surface area contributed by atoms with Gasteiger partial charge in [-0.25, -0.2) is 4.98 Å². The van der Waals surface area contributed by atoms with Gasteiger partial charge in [-0.1, -0.05) is 48.5 Å². The minimum absolute atomic E-state index is 0.0464. The van der Waals surface area contributed by atoms with Crippen LogP contribution in [-0.2, 0) is 16.0 Å². The van der Waals surface area contributed by atoms with Crippen LogP contribution in [0.15, 0.2) is 84.6 Å². The van der Waals surface area contributed by atoms with Crippen LogP contribution in [-0.4, -0.2) is 44.7 Å². The van der Waals surface area contributed by atoms with E-state index in [-0.39, 0.29) is 11.3 Å². The summed E-state index contributed by atoms with van der Waals surface area (Å²) in [7, 11) is 1.56. The maximum absolute atomic E-state index is 13.4. The molecule has 0 bridgehead atoms. The molecular weight excluding hydrogens is 442 g/mol. The topological polar surface area (TPSA) is 84.1 Å². The smallest absolute Gasteiger partial charge is 0.295 e. The number of aliphatic hydroxyl groups excluding tert-OH is 1. The maximum atomic E-state index is 13.4. The Morgan fingerprint density at radius 2 is 1.80 bits per heavy atom. The van der Waals surface area contributed by atoms with E-state index in [1.165, 1.54) is 4.90 Å². The van der Waals surface area contributed by atoms with Crippen LogP contribution in [0.5, 0.6) is 5.75 Å². The maximum Gasteiger partial charge on any atom is 0.295 e. The molecule has 4 aromatic rings. The van der Waals surface area contributed by atoms with E-state index in [2.05, 4.69) is 4.98 Å². The zero-order valence-electron chi connectivity index (χ0n) is 19.5. The number of aromatic nitrogens is 2. The number of hydrogen-bond acceptors (Lipinski definition) is 5. The number of carbonyl (C=O) groups is 2. The summed E-state index contributed by atoms with van der Waals surface area (Å²) in [6.45, 7) is 2.09. The number of nitrogens with zero attached hydrogens (tertiary/aromatic N) is 3. The first-order valence-corrected chi connectivity index (χ1v) is 11.4. The summed E-state index contributed by atoms with van der Waals surface area (Å²) in [4.78, 5) is 32.7. The standard InChI is InChI=1S/C28H25N3O4/c1-18-24(30-15-7-6-13-22(30)29-18)26(32)23-25(20-11-8-12-21(17-20)35-2)31(28(34)27(23)33)16-14-19-9-4-3-5-10-19/h3-13,15,17,25,32H,14,16H2,1-2H3/b26-23+. The minimum atomic E-state index is -0.762. The van der Waals surface area contributed by atoms with Crippen molar-refractivity contribution in [3.05, 3.63) is 107 Å². The molecule has 7 heteroatoms. The SMILES string of the molecule is COc1cccc(C2/C(=C(\O)c3c(C)nc4ccccn34)C(=O)C(=O)N2CCc2ccccc2)c1. The van der Waals surface area contributed by atoms with Crippen molar-refractivity contribution in [3.63, 3.8) is 0 Å². The van der Waals surface area contributed by atoms with Crippen molar-refractivity contribution in [3.8, 4) is 5.75 Å². The fourth-order valence-corrected chi connectivity index (χ4v) is 4.69. The number of carbonyl (C=O) groups excluding carboxylic acids is 2. The van der Waals surface area contributed by atoms with Crippen LogP contribution in [0.25, 0.3) is 11.4 Å². The molecular formula is C28H25N3O4. The van der Waals surface area contributed by atoms with Crippen LogP contribution < -0.4 is 4.74 Å².